The molecule has 28 heavy (non-hydrogen) atoms. The lowest BCUT2D eigenvalue weighted by molar-refractivity contribution is -0.149. The van der Waals surface area contributed by atoms with Gasteiger partial charge < -0.3 is 9.84 Å². The largest absolute Gasteiger partial charge is 0.458 e. The second-order valence-corrected chi connectivity index (χ2v) is 9.79. The second kappa shape index (κ2) is 7.08. The zero-order valence-corrected chi connectivity index (χ0v) is 17.0. The van der Waals surface area contributed by atoms with Gasteiger partial charge in [-0.3, -0.25) is 14.4 Å². The average Bonchev–Trinajstić information content (AvgIpc) is 3.03. The van der Waals surface area contributed by atoms with E-state index in [0.29, 0.717) is 24.2 Å². The summed E-state index contributed by atoms with van der Waals surface area (Å²) >= 11 is 0. The van der Waals surface area contributed by atoms with Crippen LogP contribution in [0.4, 0.5) is 0 Å². The first-order chi connectivity index (χ1) is 13.3. The van der Waals surface area contributed by atoms with E-state index in [1.165, 1.54) is 12.5 Å². The van der Waals surface area contributed by atoms with Crippen molar-refractivity contribution >= 4 is 17.5 Å². The lowest BCUT2D eigenvalue weighted by Gasteiger charge is -2.58. The number of ketones is 2. The molecule has 5 heteroatoms. The van der Waals surface area contributed by atoms with E-state index in [4.69, 9.17) is 4.74 Å². The van der Waals surface area contributed by atoms with Crippen molar-refractivity contribution in [1.82, 2.24) is 0 Å². The molecule has 3 fully saturated rings. The molecule has 4 aliphatic rings. The van der Waals surface area contributed by atoms with E-state index in [0.717, 1.165) is 44.9 Å². The Morgan fingerprint density at radius 2 is 1.93 bits per heavy atom. The highest BCUT2D eigenvalue weighted by atomic mass is 16.5. The summed E-state index contributed by atoms with van der Waals surface area (Å²) in [6.07, 6.45) is 8.96. The van der Waals surface area contributed by atoms with Gasteiger partial charge in [-0.1, -0.05) is 12.5 Å². The van der Waals surface area contributed by atoms with Gasteiger partial charge in [0.1, 0.15) is 6.61 Å². The van der Waals surface area contributed by atoms with E-state index >= 15 is 0 Å². The molecule has 0 aliphatic heterocycles. The third-order valence-electron chi connectivity index (χ3n) is 8.77. The molecule has 4 aliphatic carbocycles. The molecule has 1 N–H and O–H groups in total. The second-order valence-electron chi connectivity index (χ2n) is 9.79. The Kier molecular flexibility index (Phi) is 5.01. The zero-order chi connectivity index (χ0) is 20.1. The molecule has 3 saturated carbocycles. The molecular formula is C23H32O5. The van der Waals surface area contributed by atoms with Gasteiger partial charge in [-0.2, -0.15) is 0 Å². The van der Waals surface area contributed by atoms with Crippen LogP contribution in [0.5, 0.6) is 0 Å². The molecule has 5 nitrogen and oxygen atoms in total. The Morgan fingerprint density at radius 1 is 1.14 bits per heavy atom. The Bertz CT molecular complexity index is 725. The number of aliphatic hydroxyl groups is 1. The van der Waals surface area contributed by atoms with Crippen molar-refractivity contribution in [3.63, 3.8) is 0 Å². The summed E-state index contributed by atoms with van der Waals surface area (Å²) in [5, 5.41) is 10.4. The van der Waals surface area contributed by atoms with Crippen molar-refractivity contribution in [2.45, 2.75) is 65.2 Å². The highest BCUT2D eigenvalue weighted by molar-refractivity contribution is 5.91. The topological polar surface area (TPSA) is 80.7 Å². The van der Waals surface area contributed by atoms with Gasteiger partial charge in [0.2, 0.25) is 0 Å². The molecule has 0 saturated heterocycles. The lowest BCUT2D eigenvalue weighted by atomic mass is 9.46. The predicted octanol–water partition coefficient (Wildman–Crippen LogP) is 3.24. The summed E-state index contributed by atoms with van der Waals surface area (Å²) in [6.45, 7) is 3.63. The average molecular weight is 389 g/mol. The third kappa shape index (κ3) is 2.89. The van der Waals surface area contributed by atoms with E-state index in [9.17, 15) is 19.5 Å². The zero-order valence-electron chi connectivity index (χ0n) is 17.0. The molecule has 4 rings (SSSR count). The minimum atomic E-state index is -0.403. The fraction of sp³-hybridized carbons (Fsp3) is 0.783. The number of carbonyl (C=O) groups excluding carboxylic acids is 3. The van der Waals surface area contributed by atoms with E-state index in [1.54, 1.807) is 0 Å². The molecular weight excluding hydrogens is 356 g/mol. The molecule has 0 aromatic carbocycles. The summed E-state index contributed by atoms with van der Waals surface area (Å²) in [5.41, 5.74) is 0.912. The van der Waals surface area contributed by atoms with Gasteiger partial charge in [0.05, 0.1) is 6.61 Å². The van der Waals surface area contributed by atoms with Crippen molar-refractivity contribution in [3.05, 3.63) is 11.6 Å². The van der Waals surface area contributed by atoms with Crippen LogP contribution in [0.25, 0.3) is 0 Å². The first-order valence-corrected chi connectivity index (χ1v) is 10.8. The van der Waals surface area contributed by atoms with Crippen molar-refractivity contribution < 1.29 is 24.2 Å². The van der Waals surface area contributed by atoms with Crippen LogP contribution in [-0.2, 0) is 19.1 Å². The predicted molar refractivity (Wildman–Crippen MR) is 103 cm³/mol. The standard InChI is InChI=1S/C23H32O5/c1-14(25)28-12-21(27)20-6-5-18-17-4-3-15-11-16(26)7-10-23(15,13-24)19(17)8-9-22(18,20)2/h11,17-20,24H,3-10,12-13H2,1-2H3. The van der Waals surface area contributed by atoms with Gasteiger partial charge in [-0.15, -0.1) is 0 Å². The summed E-state index contributed by atoms with van der Waals surface area (Å²) in [5.74, 6) is 1.21. The maximum atomic E-state index is 12.8. The smallest absolute Gasteiger partial charge is 0.303 e. The first-order valence-electron chi connectivity index (χ1n) is 10.8. The molecule has 6 unspecified atom stereocenters. The molecule has 154 valence electrons. The van der Waals surface area contributed by atoms with E-state index in [-0.39, 0.29) is 41.5 Å². The SMILES string of the molecule is CC(=O)OCC(=O)C1CCC2C3CCC4=CC(=O)CCC4(CO)C3CCC12C. The highest BCUT2D eigenvalue weighted by Crippen LogP contribution is 2.66. The fourth-order valence-electron chi connectivity index (χ4n) is 7.46. The molecule has 0 heterocycles. The normalized spacial score (nSPS) is 42.1. The van der Waals surface area contributed by atoms with Crippen molar-refractivity contribution in [1.29, 1.82) is 0 Å². The van der Waals surface area contributed by atoms with E-state index in [2.05, 4.69) is 6.92 Å². The van der Waals surface area contributed by atoms with E-state index < -0.39 is 5.97 Å². The Hall–Kier alpha value is -1.49. The number of ether oxygens (including phenoxy) is 1. The minimum absolute atomic E-state index is 0.0345. The number of esters is 1. The highest BCUT2D eigenvalue weighted by Gasteiger charge is 2.61. The molecule has 0 aromatic rings. The summed E-state index contributed by atoms with van der Waals surface area (Å²) in [4.78, 5) is 35.9. The monoisotopic (exact) mass is 388 g/mol. The summed E-state index contributed by atoms with van der Waals surface area (Å²) < 4.78 is 5.00. The Morgan fingerprint density at radius 3 is 2.64 bits per heavy atom. The number of hydrogen-bond donors (Lipinski definition) is 1. The van der Waals surface area contributed by atoms with Crippen molar-refractivity contribution in [2.75, 3.05) is 13.2 Å². The number of hydrogen-bond acceptors (Lipinski definition) is 5. The van der Waals surface area contributed by atoms with Crippen LogP contribution in [-0.4, -0.2) is 35.9 Å². The van der Waals surface area contributed by atoms with Crippen molar-refractivity contribution in [3.8, 4) is 0 Å². The van der Waals surface area contributed by atoms with Gasteiger partial charge in [-0.25, -0.2) is 0 Å². The van der Waals surface area contributed by atoms with Crippen LogP contribution in [0.3, 0.4) is 0 Å². The Balaban J connectivity index is 1.58. The number of aliphatic hydroxyl groups excluding tert-OH is 1. The minimum Gasteiger partial charge on any atom is -0.458 e. The van der Waals surface area contributed by atoms with Crippen LogP contribution < -0.4 is 0 Å². The quantitative estimate of drug-likeness (QED) is 0.748. The maximum absolute atomic E-state index is 12.8. The van der Waals surface area contributed by atoms with Gasteiger partial charge in [0.25, 0.3) is 0 Å². The van der Waals surface area contributed by atoms with Gasteiger partial charge in [0.15, 0.2) is 11.6 Å². The van der Waals surface area contributed by atoms with Crippen LogP contribution in [0, 0.1) is 34.5 Å². The lowest BCUT2D eigenvalue weighted by Crippen LogP contribution is -2.53. The molecule has 0 aromatic heterocycles. The van der Waals surface area contributed by atoms with Crippen LogP contribution in [0.1, 0.15) is 65.2 Å². The maximum Gasteiger partial charge on any atom is 0.303 e. The molecule has 0 radical (unpaired) electrons. The molecule has 0 spiro atoms. The van der Waals surface area contributed by atoms with Crippen LogP contribution >= 0.6 is 0 Å². The molecule has 6 atom stereocenters. The van der Waals surface area contributed by atoms with Gasteiger partial charge in [-0.05, 0) is 74.2 Å². The van der Waals surface area contributed by atoms with Crippen molar-refractivity contribution in [2.24, 2.45) is 34.5 Å². The number of rotatable bonds is 4. The van der Waals surface area contributed by atoms with Gasteiger partial charge in [0, 0.05) is 24.7 Å². The fourth-order valence-corrected chi connectivity index (χ4v) is 7.46. The molecule has 0 amide bonds. The van der Waals surface area contributed by atoms with Crippen LogP contribution in [0.2, 0.25) is 0 Å². The number of fused-ring (bicyclic) bond motifs is 5. The summed E-state index contributed by atoms with van der Waals surface area (Å²) in [6, 6.07) is 0. The van der Waals surface area contributed by atoms with Crippen LogP contribution in [0.15, 0.2) is 11.6 Å². The molecule has 0 bridgehead atoms. The Labute approximate surface area is 166 Å². The van der Waals surface area contributed by atoms with E-state index in [1.807, 2.05) is 6.08 Å². The third-order valence-corrected chi connectivity index (χ3v) is 8.77. The number of Topliss-reactive ketones (excluding diaryl/α,β-unsaturated/α-hetero) is 1. The van der Waals surface area contributed by atoms with Gasteiger partial charge >= 0.3 is 5.97 Å². The summed E-state index contributed by atoms with van der Waals surface area (Å²) in [7, 11) is 0. The number of carbonyl (C=O) groups is 3. The first kappa shape index (κ1) is 19.8.